The Morgan fingerprint density at radius 3 is 1.40 bits per heavy atom. The van der Waals surface area contributed by atoms with E-state index in [0.717, 1.165) is 22.7 Å². The lowest BCUT2D eigenvalue weighted by molar-refractivity contribution is 0.666. The van der Waals surface area contributed by atoms with Gasteiger partial charge in [0.2, 0.25) is 0 Å². The van der Waals surface area contributed by atoms with Crippen molar-refractivity contribution in [3.8, 4) is 44.9 Å². The Kier molecular flexibility index (Phi) is 8.20. The number of fused-ring (bicyclic) bond motifs is 9. The van der Waals surface area contributed by atoms with Crippen LogP contribution in [0.25, 0.3) is 77.6 Å². The summed E-state index contributed by atoms with van der Waals surface area (Å²) in [5.41, 5.74) is 19.2. The molecule has 12 rings (SSSR count). The normalized spacial score (nSPS) is 12.8. The van der Waals surface area contributed by atoms with Gasteiger partial charge in [0.25, 0.3) is 0 Å². The molecule has 0 saturated heterocycles. The van der Waals surface area contributed by atoms with Gasteiger partial charge in [-0.2, -0.15) is 0 Å². The zero-order valence-electron chi connectivity index (χ0n) is 34.7. The zero-order valence-corrected chi connectivity index (χ0v) is 34.7. The molecule has 0 amide bonds. The van der Waals surface area contributed by atoms with Gasteiger partial charge in [0.15, 0.2) is 0 Å². The highest BCUT2D eigenvalue weighted by atomic mass is 15.1. The minimum atomic E-state index is -0.189. The maximum atomic E-state index is 2.51. The third-order valence-corrected chi connectivity index (χ3v) is 13.1. The van der Waals surface area contributed by atoms with Gasteiger partial charge in [0, 0.05) is 55.6 Å². The van der Waals surface area contributed by atoms with E-state index in [4.69, 9.17) is 0 Å². The first-order chi connectivity index (χ1) is 30.5. The summed E-state index contributed by atoms with van der Waals surface area (Å²) in [5, 5.41) is 3.89. The van der Waals surface area contributed by atoms with Crippen LogP contribution in [0.3, 0.4) is 0 Å². The predicted molar refractivity (Wildman–Crippen MR) is 261 cm³/mol. The van der Waals surface area contributed by atoms with Crippen molar-refractivity contribution in [1.82, 2.24) is 9.13 Å². The van der Waals surface area contributed by atoms with Gasteiger partial charge < -0.3 is 14.0 Å². The second kappa shape index (κ2) is 14.1. The van der Waals surface area contributed by atoms with Crippen molar-refractivity contribution in [1.29, 1.82) is 0 Å². The highest BCUT2D eigenvalue weighted by Gasteiger charge is 2.41. The molecule has 3 heteroatoms. The van der Waals surface area contributed by atoms with E-state index in [-0.39, 0.29) is 5.41 Å². The first-order valence-corrected chi connectivity index (χ1v) is 21.5. The van der Waals surface area contributed by atoms with Crippen molar-refractivity contribution in [3.63, 3.8) is 0 Å². The fraction of sp³-hybridized carbons (Fsp3) is 0.0508. The van der Waals surface area contributed by atoms with Crippen LogP contribution in [0.1, 0.15) is 25.0 Å². The number of nitrogens with zero attached hydrogens (tertiary/aromatic N) is 3. The number of aromatic nitrogens is 2. The average Bonchev–Trinajstić information content (AvgIpc) is 3.95. The number of hydrogen-bond donors (Lipinski definition) is 0. The average molecular weight is 794 g/mol. The molecule has 0 fully saturated rings. The van der Waals surface area contributed by atoms with E-state index in [1.54, 1.807) is 0 Å². The molecule has 0 aliphatic heterocycles. The van der Waals surface area contributed by atoms with Crippen LogP contribution in [-0.2, 0) is 5.41 Å². The van der Waals surface area contributed by atoms with E-state index >= 15 is 0 Å². The van der Waals surface area contributed by atoms with Gasteiger partial charge in [-0.25, -0.2) is 0 Å². The molecular weight excluding hydrogens is 751 g/mol. The van der Waals surface area contributed by atoms with E-state index < -0.39 is 0 Å². The number of rotatable bonds is 7. The molecule has 0 unspecified atom stereocenters. The van der Waals surface area contributed by atoms with Crippen molar-refractivity contribution < 1.29 is 0 Å². The molecule has 0 spiro atoms. The first-order valence-electron chi connectivity index (χ1n) is 21.5. The van der Waals surface area contributed by atoms with Crippen LogP contribution in [0.15, 0.2) is 224 Å². The van der Waals surface area contributed by atoms with Crippen molar-refractivity contribution in [2.24, 2.45) is 0 Å². The third-order valence-electron chi connectivity index (χ3n) is 13.1. The molecule has 3 nitrogen and oxygen atoms in total. The van der Waals surface area contributed by atoms with E-state index in [2.05, 4.69) is 252 Å². The van der Waals surface area contributed by atoms with Crippen LogP contribution in [0, 0.1) is 0 Å². The van der Waals surface area contributed by atoms with Gasteiger partial charge >= 0.3 is 0 Å². The summed E-state index contributed by atoms with van der Waals surface area (Å²) in [6.07, 6.45) is 0. The van der Waals surface area contributed by atoms with Crippen molar-refractivity contribution in [3.05, 3.63) is 236 Å². The summed E-state index contributed by atoms with van der Waals surface area (Å²) >= 11 is 0. The highest BCUT2D eigenvalue weighted by molar-refractivity contribution is 6.24. The molecular formula is C59H43N3. The van der Waals surface area contributed by atoms with Gasteiger partial charge in [-0.3, -0.25) is 0 Å². The molecule has 62 heavy (non-hydrogen) atoms. The monoisotopic (exact) mass is 793 g/mol. The molecule has 1 aliphatic rings. The summed E-state index contributed by atoms with van der Waals surface area (Å²) in [6, 6.07) is 81.7. The third kappa shape index (κ3) is 5.52. The Hall–Kier alpha value is -7.88. The lowest BCUT2D eigenvalue weighted by Gasteiger charge is -2.26. The smallest absolute Gasteiger partial charge is 0.0585 e. The standard InChI is InChI=1S/C59H43N3/c1-59(2)51-24-14-12-22-49(51)58-57(59)56-54(62(58)44-20-10-5-11-21-44)39-38-53-55(56)50-23-13-15-25-52(50)61(53)48-36-34-47(35-37-48)60(45-30-26-42(27-31-45)40-16-6-3-7-17-40)46-32-28-43(29-33-46)41-18-8-4-9-19-41/h3-39H,1-2H3. The van der Waals surface area contributed by atoms with Crippen molar-refractivity contribution in [2.75, 3.05) is 4.90 Å². The Bertz CT molecular complexity index is 3350. The summed E-state index contributed by atoms with van der Waals surface area (Å²) in [4.78, 5) is 2.36. The molecule has 9 aromatic carbocycles. The molecule has 1 aliphatic carbocycles. The van der Waals surface area contributed by atoms with E-state index in [1.807, 2.05) is 0 Å². The number of para-hydroxylation sites is 2. The summed E-state index contributed by atoms with van der Waals surface area (Å²) in [6.45, 7) is 4.80. The lowest BCUT2D eigenvalue weighted by Crippen LogP contribution is -2.14. The first kappa shape index (κ1) is 36.0. The summed E-state index contributed by atoms with van der Waals surface area (Å²) in [5.74, 6) is 0. The van der Waals surface area contributed by atoms with Crippen LogP contribution < -0.4 is 4.90 Å². The molecule has 0 N–H and O–H groups in total. The van der Waals surface area contributed by atoms with Crippen LogP contribution in [0.4, 0.5) is 17.1 Å². The molecule has 0 atom stereocenters. The SMILES string of the molecule is CC1(C)c2ccccc2-c2c1c1c3c4ccccc4n(-c4ccc(N(c5ccc(-c6ccccc6)cc5)c5ccc(-c6ccccc6)cc5)cc4)c3ccc1n2-c1ccccc1. The molecule has 2 aromatic heterocycles. The Labute approximate surface area is 362 Å². The maximum Gasteiger partial charge on any atom is 0.0585 e. The number of anilines is 3. The maximum absolute atomic E-state index is 2.51. The second-order valence-electron chi connectivity index (χ2n) is 16.9. The second-order valence-corrected chi connectivity index (χ2v) is 16.9. The Balaban J connectivity index is 1.03. The molecule has 294 valence electrons. The zero-order chi connectivity index (χ0) is 41.4. The minimum Gasteiger partial charge on any atom is -0.311 e. The van der Waals surface area contributed by atoms with Crippen molar-refractivity contribution in [2.45, 2.75) is 19.3 Å². The van der Waals surface area contributed by atoms with Gasteiger partial charge in [-0.15, -0.1) is 0 Å². The summed E-state index contributed by atoms with van der Waals surface area (Å²) in [7, 11) is 0. The summed E-state index contributed by atoms with van der Waals surface area (Å²) < 4.78 is 4.97. The number of benzene rings is 9. The van der Waals surface area contributed by atoms with Gasteiger partial charge in [-0.1, -0.05) is 159 Å². The minimum absolute atomic E-state index is 0.189. The Morgan fingerprint density at radius 1 is 0.355 bits per heavy atom. The van der Waals surface area contributed by atoms with Gasteiger partial charge in [0.1, 0.15) is 0 Å². The van der Waals surface area contributed by atoms with Gasteiger partial charge in [-0.05, 0) is 112 Å². The lowest BCUT2D eigenvalue weighted by atomic mass is 9.81. The molecule has 0 radical (unpaired) electrons. The molecule has 0 bridgehead atoms. The number of hydrogen-bond acceptors (Lipinski definition) is 1. The van der Waals surface area contributed by atoms with Crippen LogP contribution in [-0.4, -0.2) is 9.13 Å². The van der Waals surface area contributed by atoms with E-state index in [1.165, 1.54) is 83.0 Å². The van der Waals surface area contributed by atoms with Gasteiger partial charge in [0.05, 0.1) is 22.2 Å². The van der Waals surface area contributed by atoms with Crippen molar-refractivity contribution >= 4 is 49.8 Å². The topological polar surface area (TPSA) is 13.1 Å². The largest absolute Gasteiger partial charge is 0.311 e. The predicted octanol–water partition coefficient (Wildman–Crippen LogP) is 15.8. The highest BCUT2D eigenvalue weighted by Crippen LogP contribution is 2.56. The molecule has 11 aromatic rings. The molecule has 0 saturated carbocycles. The van der Waals surface area contributed by atoms with E-state index in [9.17, 15) is 0 Å². The fourth-order valence-electron chi connectivity index (χ4n) is 10.3. The van der Waals surface area contributed by atoms with Crippen LogP contribution in [0.5, 0.6) is 0 Å². The van der Waals surface area contributed by atoms with Crippen LogP contribution >= 0.6 is 0 Å². The Morgan fingerprint density at radius 2 is 0.806 bits per heavy atom. The van der Waals surface area contributed by atoms with Crippen LogP contribution in [0.2, 0.25) is 0 Å². The molecule has 2 heterocycles. The fourth-order valence-corrected chi connectivity index (χ4v) is 10.3. The quantitative estimate of drug-likeness (QED) is 0.157. The van der Waals surface area contributed by atoms with E-state index in [0.29, 0.717) is 0 Å².